The lowest BCUT2D eigenvalue weighted by atomic mass is 9.82. The van der Waals surface area contributed by atoms with Gasteiger partial charge < -0.3 is 15.2 Å². The molecule has 1 aromatic heterocycles. The van der Waals surface area contributed by atoms with Gasteiger partial charge in [0, 0.05) is 34.9 Å². The molecule has 0 radical (unpaired) electrons. The number of hydrogen-bond acceptors (Lipinski definition) is 4. The number of aromatic nitrogens is 1. The van der Waals surface area contributed by atoms with Gasteiger partial charge in [0.1, 0.15) is 6.61 Å². The molecule has 0 amide bonds. The molecule has 3 unspecified atom stereocenters. The lowest BCUT2D eigenvalue weighted by molar-refractivity contribution is -0.154. The van der Waals surface area contributed by atoms with Crippen molar-refractivity contribution in [2.75, 3.05) is 19.7 Å². The van der Waals surface area contributed by atoms with E-state index in [0.29, 0.717) is 11.8 Å². The summed E-state index contributed by atoms with van der Waals surface area (Å²) in [4.78, 5) is 15.0. The number of aliphatic carboxylic acids is 1. The summed E-state index contributed by atoms with van der Waals surface area (Å²) in [5, 5.41) is 12.4. The van der Waals surface area contributed by atoms with Crippen LogP contribution in [0.3, 0.4) is 0 Å². The molecular formula is C14H17BrN2O3. The van der Waals surface area contributed by atoms with Crippen LogP contribution in [-0.4, -0.2) is 35.8 Å². The Morgan fingerprint density at radius 1 is 1.60 bits per heavy atom. The van der Waals surface area contributed by atoms with E-state index in [1.165, 1.54) is 0 Å². The van der Waals surface area contributed by atoms with Crippen molar-refractivity contribution in [3.63, 3.8) is 0 Å². The lowest BCUT2D eigenvalue weighted by Gasteiger charge is -2.35. The fourth-order valence-corrected chi connectivity index (χ4v) is 4.25. The molecule has 1 aliphatic heterocycles. The molecule has 1 aliphatic carbocycles. The van der Waals surface area contributed by atoms with E-state index in [9.17, 15) is 4.79 Å². The average molecular weight is 341 g/mol. The van der Waals surface area contributed by atoms with Gasteiger partial charge >= 0.3 is 5.97 Å². The van der Waals surface area contributed by atoms with Crippen molar-refractivity contribution >= 4 is 21.9 Å². The third kappa shape index (κ3) is 2.25. The molecule has 5 nitrogen and oxygen atoms in total. The fraction of sp³-hybridized carbons (Fsp3) is 0.571. The molecule has 1 aromatic rings. The first kappa shape index (κ1) is 14.0. The molecule has 0 bridgehead atoms. The zero-order valence-electron chi connectivity index (χ0n) is 11.0. The number of carboxylic acid groups (broad SMARTS) is 1. The summed E-state index contributed by atoms with van der Waals surface area (Å²) < 4.78 is 6.82. The maximum absolute atomic E-state index is 10.9. The summed E-state index contributed by atoms with van der Waals surface area (Å²) in [6.07, 6.45) is 5.41. The van der Waals surface area contributed by atoms with Gasteiger partial charge in [0.15, 0.2) is 0 Å². The van der Waals surface area contributed by atoms with Crippen LogP contribution in [0.25, 0.3) is 0 Å². The first-order valence-corrected chi connectivity index (χ1v) is 7.59. The fourth-order valence-electron chi connectivity index (χ4n) is 3.67. The number of pyridine rings is 1. The highest BCUT2D eigenvalue weighted by atomic mass is 79.9. The zero-order chi connectivity index (χ0) is 14.2. The number of rotatable bonds is 4. The number of halogens is 1. The van der Waals surface area contributed by atoms with Crippen LogP contribution in [0.5, 0.6) is 0 Å². The number of carboxylic acids is 1. The molecule has 0 aromatic carbocycles. The number of fused-ring (bicyclic) bond motifs is 1. The molecule has 6 heteroatoms. The molecular weight excluding hydrogens is 324 g/mol. The Morgan fingerprint density at radius 2 is 2.45 bits per heavy atom. The molecule has 20 heavy (non-hydrogen) atoms. The van der Waals surface area contributed by atoms with Crippen molar-refractivity contribution in [3.8, 4) is 0 Å². The second-order valence-corrected chi connectivity index (χ2v) is 6.35. The van der Waals surface area contributed by atoms with E-state index in [-0.39, 0.29) is 6.61 Å². The minimum atomic E-state index is -0.927. The SMILES string of the molecule is O=C(O)COC1(c2ccncc2Br)CCC2CNCC21. The van der Waals surface area contributed by atoms with Crippen LogP contribution in [0.2, 0.25) is 0 Å². The number of carbonyl (C=O) groups is 1. The Bertz CT molecular complexity index is 525. The molecule has 108 valence electrons. The van der Waals surface area contributed by atoms with Gasteiger partial charge in [-0.2, -0.15) is 0 Å². The molecule has 2 heterocycles. The van der Waals surface area contributed by atoms with Crippen molar-refractivity contribution in [1.82, 2.24) is 10.3 Å². The van der Waals surface area contributed by atoms with Crippen LogP contribution in [0.1, 0.15) is 18.4 Å². The maximum atomic E-state index is 10.9. The van der Waals surface area contributed by atoms with Gasteiger partial charge in [-0.05, 0) is 47.3 Å². The third-order valence-corrected chi connectivity index (χ3v) is 5.14. The summed E-state index contributed by atoms with van der Waals surface area (Å²) >= 11 is 3.54. The molecule has 0 spiro atoms. The topological polar surface area (TPSA) is 71.5 Å². The van der Waals surface area contributed by atoms with Gasteiger partial charge in [-0.3, -0.25) is 4.98 Å². The number of ether oxygens (including phenoxy) is 1. The molecule has 3 rings (SSSR count). The van der Waals surface area contributed by atoms with Crippen LogP contribution in [-0.2, 0) is 15.1 Å². The van der Waals surface area contributed by atoms with Gasteiger partial charge in [-0.1, -0.05) is 0 Å². The van der Waals surface area contributed by atoms with Crippen molar-refractivity contribution in [2.45, 2.75) is 18.4 Å². The van der Waals surface area contributed by atoms with E-state index in [1.807, 2.05) is 6.07 Å². The predicted molar refractivity (Wildman–Crippen MR) is 76.3 cm³/mol. The highest BCUT2D eigenvalue weighted by molar-refractivity contribution is 9.10. The monoisotopic (exact) mass is 340 g/mol. The summed E-state index contributed by atoms with van der Waals surface area (Å²) in [6, 6.07) is 1.94. The predicted octanol–water partition coefficient (Wildman–Crippen LogP) is 1.77. The minimum Gasteiger partial charge on any atom is -0.480 e. The quantitative estimate of drug-likeness (QED) is 0.873. The molecule has 2 aliphatic rings. The Morgan fingerprint density at radius 3 is 3.20 bits per heavy atom. The van der Waals surface area contributed by atoms with Crippen molar-refractivity contribution in [1.29, 1.82) is 0 Å². The third-order valence-electron chi connectivity index (χ3n) is 4.51. The van der Waals surface area contributed by atoms with Gasteiger partial charge in [0.05, 0.1) is 5.60 Å². The van der Waals surface area contributed by atoms with Crippen molar-refractivity contribution < 1.29 is 14.6 Å². The van der Waals surface area contributed by atoms with E-state index in [1.54, 1.807) is 12.4 Å². The molecule has 2 fully saturated rings. The van der Waals surface area contributed by atoms with Crippen LogP contribution in [0, 0.1) is 11.8 Å². The second kappa shape index (κ2) is 5.42. The summed E-state index contributed by atoms with van der Waals surface area (Å²) in [5.74, 6) is -0.0478. The highest BCUT2D eigenvalue weighted by Crippen LogP contribution is 2.52. The zero-order valence-corrected chi connectivity index (χ0v) is 12.6. The molecule has 1 saturated heterocycles. The lowest BCUT2D eigenvalue weighted by Crippen LogP contribution is -2.39. The summed E-state index contributed by atoms with van der Waals surface area (Å²) in [7, 11) is 0. The molecule has 3 atom stereocenters. The average Bonchev–Trinajstić information content (AvgIpc) is 3.00. The first-order chi connectivity index (χ1) is 9.63. The minimum absolute atomic E-state index is 0.266. The van der Waals surface area contributed by atoms with E-state index in [2.05, 4.69) is 26.2 Å². The van der Waals surface area contributed by atoms with Gasteiger partial charge in [-0.15, -0.1) is 0 Å². The number of hydrogen-bond donors (Lipinski definition) is 2. The smallest absolute Gasteiger partial charge is 0.329 e. The van der Waals surface area contributed by atoms with Gasteiger partial charge in [0.2, 0.25) is 0 Å². The van der Waals surface area contributed by atoms with Crippen LogP contribution >= 0.6 is 15.9 Å². The highest BCUT2D eigenvalue weighted by Gasteiger charge is 2.53. The summed E-state index contributed by atoms with van der Waals surface area (Å²) in [6.45, 7) is 1.60. The van der Waals surface area contributed by atoms with Crippen molar-refractivity contribution in [2.24, 2.45) is 11.8 Å². The Kier molecular flexibility index (Phi) is 3.79. The first-order valence-electron chi connectivity index (χ1n) is 6.80. The van der Waals surface area contributed by atoms with E-state index < -0.39 is 11.6 Å². The van der Waals surface area contributed by atoms with Crippen LogP contribution < -0.4 is 5.32 Å². The van der Waals surface area contributed by atoms with Gasteiger partial charge in [0.25, 0.3) is 0 Å². The number of nitrogens with zero attached hydrogens (tertiary/aromatic N) is 1. The standard InChI is InChI=1S/C14H17BrN2O3/c15-12-7-16-4-2-10(12)14(20-8-13(18)19)3-1-9-5-17-6-11(9)14/h2,4,7,9,11,17H,1,3,5-6,8H2,(H,18,19). The molecule has 2 N–H and O–H groups in total. The maximum Gasteiger partial charge on any atom is 0.329 e. The Balaban J connectivity index is 1.99. The number of nitrogens with one attached hydrogen (secondary N) is 1. The van der Waals surface area contributed by atoms with Gasteiger partial charge in [-0.25, -0.2) is 4.79 Å². The van der Waals surface area contributed by atoms with E-state index in [4.69, 9.17) is 9.84 Å². The second-order valence-electron chi connectivity index (χ2n) is 5.49. The normalized spacial score (nSPS) is 32.2. The summed E-state index contributed by atoms with van der Waals surface area (Å²) in [5.41, 5.74) is 0.499. The van der Waals surface area contributed by atoms with Crippen molar-refractivity contribution in [3.05, 3.63) is 28.5 Å². The Hall–Kier alpha value is -0.980. The Labute approximate surface area is 125 Å². The largest absolute Gasteiger partial charge is 0.480 e. The van der Waals surface area contributed by atoms with E-state index in [0.717, 1.165) is 36.0 Å². The van der Waals surface area contributed by atoms with Crippen LogP contribution in [0.15, 0.2) is 22.9 Å². The van der Waals surface area contributed by atoms with Crippen LogP contribution in [0.4, 0.5) is 0 Å². The van der Waals surface area contributed by atoms with E-state index >= 15 is 0 Å². The molecule has 1 saturated carbocycles.